The van der Waals surface area contributed by atoms with Crippen molar-refractivity contribution in [1.82, 2.24) is 15.0 Å². The molecule has 1 heterocycles. The molecule has 12 heteroatoms. The summed E-state index contributed by atoms with van der Waals surface area (Å²) in [5.74, 6) is -0.597. The second-order valence-electron chi connectivity index (χ2n) is 6.03. The van der Waals surface area contributed by atoms with Crippen LogP contribution < -0.4 is 11.5 Å². The number of nitrogens with two attached hydrogens (primary N) is 2. The standard InChI is InChI=1S/C15H29N5O7/c16-14(15(17)25)2-1-10-3-20(19-18-10)11(8-26-12(4-21)5-22)9-27-13(6-23)7-24/h3,11-14,21-24H,1-2,4-9,16H2,(H2,17,25)/t14-/m1/s1. The highest BCUT2D eigenvalue weighted by Gasteiger charge is 2.20. The first-order valence-corrected chi connectivity index (χ1v) is 8.57. The molecule has 27 heavy (non-hydrogen) atoms. The molecule has 8 N–H and O–H groups in total. The molecule has 0 fully saturated rings. The molecule has 0 unspecified atom stereocenters. The molecule has 0 saturated heterocycles. The summed E-state index contributed by atoms with van der Waals surface area (Å²) in [6.45, 7) is -1.33. The highest BCUT2D eigenvalue weighted by molar-refractivity contribution is 5.79. The Morgan fingerprint density at radius 3 is 2.04 bits per heavy atom. The number of carbonyl (C=O) groups is 1. The maximum absolute atomic E-state index is 11.0. The summed E-state index contributed by atoms with van der Waals surface area (Å²) in [7, 11) is 0. The third-order valence-electron chi connectivity index (χ3n) is 3.87. The van der Waals surface area contributed by atoms with Gasteiger partial charge in [0.1, 0.15) is 18.2 Å². The molecule has 1 aromatic rings. The Hall–Kier alpha value is -1.67. The molecule has 1 rings (SSSR count). The van der Waals surface area contributed by atoms with Crippen molar-refractivity contribution in [2.45, 2.75) is 37.1 Å². The lowest BCUT2D eigenvalue weighted by molar-refractivity contribution is -0.119. The fourth-order valence-corrected chi connectivity index (χ4v) is 2.07. The Morgan fingerprint density at radius 2 is 1.59 bits per heavy atom. The monoisotopic (exact) mass is 391 g/mol. The summed E-state index contributed by atoms with van der Waals surface area (Å²) >= 11 is 0. The third-order valence-corrected chi connectivity index (χ3v) is 3.87. The molecule has 0 bridgehead atoms. The fraction of sp³-hybridized carbons (Fsp3) is 0.800. The van der Waals surface area contributed by atoms with Crippen molar-refractivity contribution in [3.8, 4) is 0 Å². The number of hydrogen-bond donors (Lipinski definition) is 6. The van der Waals surface area contributed by atoms with Gasteiger partial charge in [0, 0.05) is 6.20 Å². The number of aliphatic hydroxyl groups excluding tert-OH is 4. The Balaban J connectivity index is 2.74. The van der Waals surface area contributed by atoms with Crippen LogP contribution in [0, 0.1) is 0 Å². The van der Waals surface area contributed by atoms with E-state index in [-0.39, 0.29) is 39.6 Å². The Bertz CT molecular complexity index is 520. The minimum Gasteiger partial charge on any atom is -0.394 e. The first-order valence-electron chi connectivity index (χ1n) is 8.57. The van der Waals surface area contributed by atoms with E-state index in [9.17, 15) is 4.79 Å². The summed E-state index contributed by atoms with van der Waals surface area (Å²) < 4.78 is 12.3. The van der Waals surface area contributed by atoms with Crippen molar-refractivity contribution < 1.29 is 34.7 Å². The number of aliphatic hydroxyl groups is 4. The van der Waals surface area contributed by atoms with Gasteiger partial charge in [-0.3, -0.25) is 4.79 Å². The Morgan fingerprint density at radius 1 is 1.07 bits per heavy atom. The van der Waals surface area contributed by atoms with Crippen LogP contribution in [0.5, 0.6) is 0 Å². The average Bonchev–Trinajstić information content (AvgIpc) is 3.14. The lowest BCUT2D eigenvalue weighted by atomic mass is 10.1. The summed E-state index contributed by atoms with van der Waals surface area (Å²) in [5.41, 5.74) is 11.3. The van der Waals surface area contributed by atoms with Crippen molar-refractivity contribution in [2.24, 2.45) is 11.5 Å². The SMILES string of the molecule is NC(=O)[C@H](N)CCc1cn(C(COC(CO)CO)COC(CO)CO)nn1. The minimum atomic E-state index is -0.776. The van der Waals surface area contributed by atoms with E-state index in [1.165, 1.54) is 4.68 Å². The van der Waals surface area contributed by atoms with Crippen LogP contribution in [0.3, 0.4) is 0 Å². The molecule has 1 amide bonds. The first kappa shape index (κ1) is 23.4. The Kier molecular flexibility index (Phi) is 11.0. The molecule has 0 spiro atoms. The van der Waals surface area contributed by atoms with Gasteiger partial charge in [-0.1, -0.05) is 5.21 Å². The quantitative estimate of drug-likeness (QED) is 0.173. The average molecular weight is 391 g/mol. The van der Waals surface area contributed by atoms with Crippen molar-refractivity contribution in [3.05, 3.63) is 11.9 Å². The van der Waals surface area contributed by atoms with Gasteiger partial charge >= 0.3 is 0 Å². The summed E-state index contributed by atoms with van der Waals surface area (Å²) in [5, 5.41) is 44.4. The van der Waals surface area contributed by atoms with E-state index in [1.807, 2.05) is 0 Å². The lowest BCUT2D eigenvalue weighted by Gasteiger charge is -2.22. The number of aromatic nitrogens is 3. The van der Waals surface area contributed by atoms with Gasteiger partial charge in [0.15, 0.2) is 0 Å². The summed E-state index contributed by atoms with van der Waals surface area (Å²) in [6.07, 6.45) is 0.834. The zero-order chi connectivity index (χ0) is 20.2. The zero-order valence-electron chi connectivity index (χ0n) is 15.1. The van der Waals surface area contributed by atoms with Crippen molar-refractivity contribution in [3.63, 3.8) is 0 Å². The zero-order valence-corrected chi connectivity index (χ0v) is 15.1. The summed E-state index contributed by atoms with van der Waals surface area (Å²) in [4.78, 5) is 11.0. The van der Waals surface area contributed by atoms with Gasteiger partial charge in [-0.2, -0.15) is 0 Å². The number of carbonyl (C=O) groups excluding carboxylic acids is 1. The van der Waals surface area contributed by atoms with Gasteiger partial charge in [-0.15, -0.1) is 5.10 Å². The number of rotatable bonds is 15. The van der Waals surface area contributed by atoms with E-state index in [2.05, 4.69) is 10.3 Å². The second-order valence-corrected chi connectivity index (χ2v) is 6.03. The lowest BCUT2D eigenvalue weighted by Crippen LogP contribution is -2.36. The van der Waals surface area contributed by atoms with Gasteiger partial charge in [-0.25, -0.2) is 4.68 Å². The fourth-order valence-electron chi connectivity index (χ4n) is 2.07. The van der Waals surface area contributed by atoms with Crippen LogP contribution >= 0.6 is 0 Å². The van der Waals surface area contributed by atoms with Crippen LogP contribution in [0.1, 0.15) is 18.2 Å². The maximum Gasteiger partial charge on any atom is 0.234 e. The van der Waals surface area contributed by atoms with E-state index in [0.29, 0.717) is 18.5 Å². The van der Waals surface area contributed by atoms with Gasteiger partial charge in [0.05, 0.1) is 51.4 Å². The molecule has 12 nitrogen and oxygen atoms in total. The first-order chi connectivity index (χ1) is 12.9. The number of aryl methyl sites for hydroxylation is 1. The van der Waals surface area contributed by atoms with Gasteiger partial charge in [0.25, 0.3) is 0 Å². The number of ether oxygens (including phenoxy) is 2. The highest BCUT2D eigenvalue weighted by atomic mass is 16.5. The molecular weight excluding hydrogens is 362 g/mol. The smallest absolute Gasteiger partial charge is 0.234 e. The van der Waals surface area contributed by atoms with Gasteiger partial charge < -0.3 is 41.4 Å². The van der Waals surface area contributed by atoms with Crippen LogP contribution in [-0.2, 0) is 20.7 Å². The molecule has 1 atom stereocenters. The van der Waals surface area contributed by atoms with Crippen LogP contribution in [-0.4, -0.2) is 99.2 Å². The molecule has 156 valence electrons. The number of primary amides is 1. The van der Waals surface area contributed by atoms with Crippen molar-refractivity contribution in [2.75, 3.05) is 39.6 Å². The van der Waals surface area contributed by atoms with Crippen molar-refractivity contribution >= 4 is 5.91 Å². The van der Waals surface area contributed by atoms with E-state index >= 15 is 0 Å². The molecule has 0 aliphatic heterocycles. The van der Waals surface area contributed by atoms with Gasteiger partial charge in [0.2, 0.25) is 5.91 Å². The Labute approximate surface area is 156 Å². The molecule has 0 aliphatic rings. The minimum absolute atomic E-state index is 0.0406. The van der Waals surface area contributed by atoms with E-state index in [1.54, 1.807) is 6.20 Å². The van der Waals surface area contributed by atoms with Crippen LogP contribution in [0.4, 0.5) is 0 Å². The molecule has 0 aliphatic carbocycles. The topological polar surface area (TPSA) is 199 Å². The number of nitrogens with zero attached hydrogens (tertiary/aromatic N) is 3. The largest absolute Gasteiger partial charge is 0.394 e. The maximum atomic E-state index is 11.0. The molecule has 0 saturated carbocycles. The predicted octanol–water partition coefficient (Wildman–Crippen LogP) is -3.70. The molecular formula is C15H29N5O7. The second kappa shape index (κ2) is 12.7. The van der Waals surface area contributed by atoms with E-state index < -0.39 is 30.2 Å². The van der Waals surface area contributed by atoms with Crippen molar-refractivity contribution in [1.29, 1.82) is 0 Å². The van der Waals surface area contributed by atoms with Crippen LogP contribution in [0.25, 0.3) is 0 Å². The molecule has 0 radical (unpaired) electrons. The van der Waals surface area contributed by atoms with Gasteiger partial charge in [-0.05, 0) is 12.8 Å². The normalized spacial score (nSPS) is 13.0. The molecule has 1 aromatic heterocycles. The van der Waals surface area contributed by atoms with E-state index in [4.69, 9.17) is 41.4 Å². The molecule has 0 aromatic carbocycles. The van der Waals surface area contributed by atoms with Crippen LogP contribution in [0.15, 0.2) is 6.20 Å². The highest BCUT2D eigenvalue weighted by Crippen LogP contribution is 2.11. The van der Waals surface area contributed by atoms with E-state index in [0.717, 1.165) is 0 Å². The third kappa shape index (κ3) is 8.26. The van der Waals surface area contributed by atoms with Crippen LogP contribution in [0.2, 0.25) is 0 Å². The number of hydrogen-bond acceptors (Lipinski definition) is 10. The number of amides is 1. The summed E-state index contributed by atoms with van der Waals surface area (Å²) in [6, 6.07) is -1.26. The predicted molar refractivity (Wildman–Crippen MR) is 92.4 cm³/mol.